The van der Waals surface area contributed by atoms with Crippen LogP contribution < -0.4 is 10.6 Å². The fourth-order valence-corrected chi connectivity index (χ4v) is 3.29. The third-order valence-corrected chi connectivity index (χ3v) is 5.91. The summed E-state index contributed by atoms with van der Waals surface area (Å²) in [5.74, 6) is 1.11. The first-order chi connectivity index (χ1) is 11.1. The number of carbonyl (C=O) groups is 2. The van der Waals surface area contributed by atoms with E-state index in [1.807, 2.05) is 20.8 Å². The van der Waals surface area contributed by atoms with Gasteiger partial charge in [-0.15, -0.1) is 23.5 Å². The summed E-state index contributed by atoms with van der Waals surface area (Å²) in [6.45, 7) is 18.8. The molecule has 2 N–H and O–H groups in total. The van der Waals surface area contributed by atoms with Crippen molar-refractivity contribution in [3.63, 3.8) is 0 Å². The number of nitrogens with one attached hydrogen (secondary N) is 2. The zero-order valence-corrected chi connectivity index (χ0v) is 19.2. The van der Waals surface area contributed by atoms with Crippen LogP contribution in [-0.2, 0) is 9.59 Å². The molecule has 25 heavy (non-hydrogen) atoms. The van der Waals surface area contributed by atoms with E-state index in [4.69, 9.17) is 0 Å². The van der Waals surface area contributed by atoms with Gasteiger partial charge in [-0.2, -0.15) is 0 Å². The van der Waals surface area contributed by atoms with Crippen LogP contribution in [-0.4, -0.2) is 44.4 Å². The minimum Gasteiger partial charge on any atom is -0.353 e. The van der Waals surface area contributed by atoms with Crippen molar-refractivity contribution >= 4 is 35.3 Å². The molecule has 4 nitrogen and oxygen atoms in total. The molecule has 0 aliphatic heterocycles. The Morgan fingerprint density at radius 2 is 1.28 bits per heavy atom. The molecule has 6 heteroatoms. The van der Waals surface area contributed by atoms with Gasteiger partial charge < -0.3 is 10.6 Å². The van der Waals surface area contributed by atoms with Gasteiger partial charge in [-0.1, -0.05) is 41.5 Å². The molecular weight excluding hydrogens is 352 g/mol. The molecule has 2 amide bonds. The minimum atomic E-state index is -0.269. The lowest BCUT2D eigenvalue weighted by Crippen LogP contribution is -2.46. The van der Waals surface area contributed by atoms with E-state index < -0.39 is 0 Å². The van der Waals surface area contributed by atoms with Gasteiger partial charge in [0.2, 0.25) is 11.8 Å². The first-order valence-electron chi connectivity index (χ1n) is 8.98. The van der Waals surface area contributed by atoms with Crippen molar-refractivity contribution in [2.75, 3.05) is 11.5 Å². The molecular formula is C19H38N2O2S2. The Bertz CT molecular complexity index is 438. The molecule has 0 saturated carbocycles. The van der Waals surface area contributed by atoms with Crippen molar-refractivity contribution in [1.29, 1.82) is 0 Å². The Labute approximate surface area is 163 Å². The summed E-state index contributed by atoms with van der Waals surface area (Å²) in [5, 5.41) is 6.15. The van der Waals surface area contributed by atoms with Gasteiger partial charge in [-0.05, 0) is 33.6 Å². The average molecular weight is 391 g/mol. The summed E-state index contributed by atoms with van der Waals surface area (Å²) in [6, 6.07) is 0.105. The summed E-state index contributed by atoms with van der Waals surface area (Å²) >= 11 is 3.30. The van der Waals surface area contributed by atoms with Gasteiger partial charge in [0.1, 0.15) is 0 Å². The highest BCUT2D eigenvalue weighted by Gasteiger charge is 2.23. The Hall–Kier alpha value is -0.360. The SMILES string of the molecule is CC(CCC(C)(C)NC(=O)CSC(C)(C)C)NC(=O)CSC(C)(C)C. The van der Waals surface area contributed by atoms with Crippen LogP contribution in [0.4, 0.5) is 0 Å². The summed E-state index contributed by atoms with van der Waals surface area (Å²) in [7, 11) is 0. The van der Waals surface area contributed by atoms with Crippen molar-refractivity contribution in [2.24, 2.45) is 0 Å². The van der Waals surface area contributed by atoms with Crippen LogP contribution in [0.1, 0.15) is 75.2 Å². The molecule has 0 aliphatic carbocycles. The van der Waals surface area contributed by atoms with Crippen LogP contribution in [0.25, 0.3) is 0 Å². The van der Waals surface area contributed by atoms with Gasteiger partial charge >= 0.3 is 0 Å². The smallest absolute Gasteiger partial charge is 0.230 e. The lowest BCUT2D eigenvalue weighted by molar-refractivity contribution is -0.121. The van der Waals surface area contributed by atoms with Crippen LogP contribution in [0.3, 0.4) is 0 Å². The number of amides is 2. The molecule has 0 bridgehead atoms. The highest BCUT2D eigenvalue weighted by molar-refractivity contribution is 8.01. The third-order valence-electron chi connectivity index (χ3n) is 3.36. The lowest BCUT2D eigenvalue weighted by Gasteiger charge is -2.29. The molecule has 0 fully saturated rings. The van der Waals surface area contributed by atoms with Crippen LogP contribution >= 0.6 is 23.5 Å². The molecule has 148 valence electrons. The van der Waals surface area contributed by atoms with E-state index in [-0.39, 0.29) is 32.9 Å². The summed E-state index contributed by atoms with van der Waals surface area (Å²) in [4.78, 5) is 24.1. The number of hydrogen-bond acceptors (Lipinski definition) is 4. The lowest BCUT2D eigenvalue weighted by atomic mass is 9.96. The minimum absolute atomic E-state index is 0.0724. The van der Waals surface area contributed by atoms with E-state index >= 15 is 0 Å². The number of carbonyl (C=O) groups excluding carboxylic acids is 2. The standard InChI is InChI=1S/C19H38N2O2S2/c1-14(20-15(22)12-24-17(2,3)4)10-11-19(8,9)21-16(23)13-25-18(5,6)7/h14H,10-13H2,1-9H3,(H,20,22)(H,21,23). The van der Waals surface area contributed by atoms with Gasteiger partial charge in [0.15, 0.2) is 0 Å². The fraction of sp³-hybridized carbons (Fsp3) is 0.895. The predicted octanol–water partition coefficient (Wildman–Crippen LogP) is 4.23. The molecule has 0 aromatic carbocycles. The molecule has 0 spiro atoms. The monoisotopic (exact) mass is 390 g/mol. The van der Waals surface area contributed by atoms with Crippen molar-refractivity contribution in [3.8, 4) is 0 Å². The van der Waals surface area contributed by atoms with E-state index in [0.29, 0.717) is 11.5 Å². The second-order valence-corrected chi connectivity index (χ2v) is 12.8. The highest BCUT2D eigenvalue weighted by Crippen LogP contribution is 2.24. The van der Waals surface area contributed by atoms with E-state index in [1.54, 1.807) is 23.5 Å². The van der Waals surface area contributed by atoms with E-state index in [1.165, 1.54) is 0 Å². The van der Waals surface area contributed by atoms with Gasteiger partial charge in [0.05, 0.1) is 11.5 Å². The van der Waals surface area contributed by atoms with Crippen molar-refractivity contribution in [1.82, 2.24) is 10.6 Å². The molecule has 0 saturated heterocycles. The first-order valence-corrected chi connectivity index (χ1v) is 10.9. The van der Waals surface area contributed by atoms with Crippen molar-refractivity contribution in [3.05, 3.63) is 0 Å². The van der Waals surface area contributed by atoms with Crippen LogP contribution in [0, 0.1) is 0 Å². The van der Waals surface area contributed by atoms with Gasteiger partial charge in [0, 0.05) is 21.1 Å². The fourth-order valence-electron chi connectivity index (χ4n) is 2.01. The second-order valence-electron chi connectivity index (χ2n) is 9.24. The van der Waals surface area contributed by atoms with Gasteiger partial charge in [0.25, 0.3) is 0 Å². The molecule has 0 aliphatic rings. The van der Waals surface area contributed by atoms with Gasteiger partial charge in [-0.25, -0.2) is 0 Å². The van der Waals surface area contributed by atoms with Crippen LogP contribution in [0.5, 0.6) is 0 Å². The normalized spacial score (nSPS) is 14.1. The highest BCUT2D eigenvalue weighted by atomic mass is 32.2. The van der Waals surface area contributed by atoms with E-state index in [0.717, 1.165) is 12.8 Å². The third kappa shape index (κ3) is 15.6. The topological polar surface area (TPSA) is 58.2 Å². The number of rotatable bonds is 9. The maximum absolute atomic E-state index is 12.1. The predicted molar refractivity (Wildman–Crippen MR) is 113 cm³/mol. The summed E-state index contributed by atoms with van der Waals surface area (Å²) < 4.78 is 0.184. The first kappa shape index (κ1) is 24.6. The molecule has 0 rings (SSSR count). The molecule has 1 atom stereocenters. The molecule has 0 heterocycles. The average Bonchev–Trinajstić information content (AvgIpc) is 2.39. The Kier molecular flexibility index (Phi) is 9.95. The second kappa shape index (κ2) is 10.1. The maximum atomic E-state index is 12.1. The zero-order chi connectivity index (χ0) is 19.9. The zero-order valence-electron chi connectivity index (χ0n) is 17.5. The molecule has 0 aromatic rings. The van der Waals surface area contributed by atoms with E-state index in [9.17, 15) is 9.59 Å². The quantitative estimate of drug-likeness (QED) is 0.618. The number of hydrogen-bond donors (Lipinski definition) is 2. The summed E-state index contributed by atoms with van der Waals surface area (Å²) in [6.07, 6.45) is 1.67. The van der Waals surface area contributed by atoms with Crippen LogP contribution in [0.2, 0.25) is 0 Å². The van der Waals surface area contributed by atoms with Crippen molar-refractivity contribution < 1.29 is 9.59 Å². The van der Waals surface area contributed by atoms with Gasteiger partial charge in [-0.3, -0.25) is 9.59 Å². The maximum Gasteiger partial charge on any atom is 0.230 e. The van der Waals surface area contributed by atoms with Crippen LogP contribution in [0.15, 0.2) is 0 Å². The van der Waals surface area contributed by atoms with Crippen molar-refractivity contribution in [2.45, 2.75) is 96.2 Å². The Morgan fingerprint density at radius 3 is 1.72 bits per heavy atom. The summed E-state index contributed by atoms with van der Waals surface area (Å²) in [5.41, 5.74) is -0.269. The Balaban J connectivity index is 4.17. The molecule has 1 unspecified atom stereocenters. The molecule has 0 aromatic heterocycles. The Morgan fingerprint density at radius 1 is 0.840 bits per heavy atom. The largest absolute Gasteiger partial charge is 0.353 e. The number of thioether (sulfide) groups is 2. The molecule has 0 radical (unpaired) electrons. The van der Waals surface area contributed by atoms with E-state index in [2.05, 4.69) is 52.2 Å².